The zero-order valence-electron chi connectivity index (χ0n) is 10.6. The zero-order chi connectivity index (χ0) is 12.7. The van der Waals surface area contributed by atoms with E-state index in [9.17, 15) is 0 Å². The van der Waals surface area contributed by atoms with Gasteiger partial charge in [0.15, 0.2) is 0 Å². The Kier molecular flexibility index (Phi) is 8.00. The van der Waals surface area contributed by atoms with Crippen molar-refractivity contribution in [1.29, 1.82) is 0 Å². The molecule has 0 bridgehead atoms. The molecule has 1 aromatic rings. The Balaban J connectivity index is 2.26. The minimum absolute atomic E-state index is 0.835. The number of nitrogens with one attached hydrogen (secondary N) is 1. The Bertz CT molecular complexity index is 306. The number of unbranched alkanes of at least 4 members (excludes halogenated alkanes) is 1. The van der Waals surface area contributed by atoms with Crippen LogP contribution in [-0.4, -0.2) is 6.54 Å². The maximum Gasteiger partial charge on any atom is 0.0843 e. The number of hydrogen-bond donors (Lipinski definition) is 1. The fourth-order valence-corrected chi connectivity index (χ4v) is 3.97. The second-order valence-corrected chi connectivity index (χ2v) is 7.69. The minimum Gasteiger partial charge on any atom is -0.312 e. The molecule has 1 aromatic heterocycles. The monoisotopic (exact) mass is 381 g/mol. The quantitative estimate of drug-likeness (QED) is 0.618. The Labute approximate surface area is 126 Å². The summed E-state index contributed by atoms with van der Waals surface area (Å²) >= 11 is 8.85. The number of hydrogen-bond acceptors (Lipinski definition) is 2. The number of rotatable bonds is 8. The molecule has 0 aliphatic carbocycles. The van der Waals surface area contributed by atoms with Crippen LogP contribution in [0.2, 0.25) is 0 Å². The molecule has 0 aliphatic heterocycles. The van der Waals surface area contributed by atoms with Crippen molar-refractivity contribution in [2.24, 2.45) is 5.92 Å². The first-order chi connectivity index (χ1) is 8.17. The van der Waals surface area contributed by atoms with E-state index in [4.69, 9.17) is 0 Å². The van der Waals surface area contributed by atoms with Crippen LogP contribution in [-0.2, 0) is 6.54 Å². The molecule has 0 saturated carbocycles. The van der Waals surface area contributed by atoms with Crippen molar-refractivity contribution in [3.05, 3.63) is 19.2 Å². The molecule has 1 heterocycles. The lowest BCUT2D eigenvalue weighted by atomic mass is 9.99. The molecule has 1 N–H and O–H groups in total. The summed E-state index contributed by atoms with van der Waals surface area (Å²) in [4.78, 5) is 1.38. The van der Waals surface area contributed by atoms with E-state index in [-0.39, 0.29) is 0 Å². The van der Waals surface area contributed by atoms with Gasteiger partial charge in [0.05, 0.1) is 3.79 Å². The van der Waals surface area contributed by atoms with Gasteiger partial charge in [-0.15, -0.1) is 11.3 Å². The molecule has 0 aromatic carbocycles. The van der Waals surface area contributed by atoms with E-state index in [0.29, 0.717) is 0 Å². The summed E-state index contributed by atoms with van der Waals surface area (Å²) in [6, 6.07) is 2.19. The van der Waals surface area contributed by atoms with E-state index in [1.165, 1.54) is 34.3 Å². The Hall–Kier alpha value is 0.620. The van der Waals surface area contributed by atoms with Crippen molar-refractivity contribution in [1.82, 2.24) is 5.32 Å². The van der Waals surface area contributed by atoms with Gasteiger partial charge >= 0.3 is 0 Å². The summed E-state index contributed by atoms with van der Waals surface area (Å²) in [6.45, 7) is 6.68. The summed E-state index contributed by atoms with van der Waals surface area (Å²) in [6.07, 6.45) is 5.31. The van der Waals surface area contributed by atoms with E-state index in [0.717, 1.165) is 23.5 Å². The van der Waals surface area contributed by atoms with Crippen molar-refractivity contribution in [3.63, 3.8) is 0 Å². The maximum atomic E-state index is 3.57. The highest BCUT2D eigenvalue weighted by molar-refractivity contribution is 9.13. The van der Waals surface area contributed by atoms with Crippen molar-refractivity contribution >= 4 is 43.2 Å². The van der Waals surface area contributed by atoms with Gasteiger partial charge in [0.2, 0.25) is 0 Å². The van der Waals surface area contributed by atoms with Gasteiger partial charge in [-0.2, -0.15) is 0 Å². The van der Waals surface area contributed by atoms with Crippen LogP contribution in [0.5, 0.6) is 0 Å². The molecule has 17 heavy (non-hydrogen) atoms. The average molecular weight is 383 g/mol. The van der Waals surface area contributed by atoms with Crippen LogP contribution in [0.15, 0.2) is 14.3 Å². The summed E-state index contributed by atoms with van der Waals surface area (Å²) in [5, 5.41) is 3.57. The van der Waals surface area contributed by atoms with Gasteiger partial charge in [-0.25, -0.2) is 0 Å². The number of halogens is 2. The normalized spacial score (nSPS) is 12.9. The van der Waals surface area contributed by atoms with Crippen molar-refractivity contribution in [2.45, 2.75) is 46.1 Å². The van der Waals surface area contributed by atoms with Gasteiger partial charge in [-0.05, 0) is 56.8 Å². The van der Waals surface area contributed by atoms with E-state index >= 15 is 0 Å². The molecule has 1 atom stereocenters. The van der Waals surface area contributed by atoms with Gasteiger partial charge in [-0.3, -0.25) is 0 Å². The molecular formula is C13H21Br2NS. The minimum atomic E-state index is 0.835. The lowest BCUT2D eigenvalue weighted by Gasteiger charge is -2.14. The lowest BCUT2D eigenvalue weighted by Crippen LogP contribution is -2.21. The average Bonchev–Trinajstić information content (AvgIpc) is 2.63. The fraction of sp³-hybridized carbons (Fsp3) is 0.692. The van der Waals surface area contributed by atoms with Gasteiger partial charge < -0.3 is 5.32 Å². The SMILES string of the molecule is CCCCC(CC)CNCc1cc(Br)c(Br)s1. The summed E-state index contributed by atoms with van der Waals surface area (Å²) in [5.41, 5.74) is 0. The first-order valence-electron chi connectivity index (χ1n) is 6.31. The van der Waals surface area contributed by atoms with Crippen LogP contribution in [0.3, 0.4) is 0 Å². The third-order valence-corrected chi connectivity index (χ3v) is 6.23. The summed E-state index contributed by atoms with van der Waals surface area (Å²) < 4.78 is 2.35. The van der Waals surface area contributed by atoms with E-state index in [1.54, 1.807) is 11.3 Å². The molecule has 1 unspecified atom stereocenters. The number of thiophene rings is 1. The molecule has 1 nitrogen and oxygen atoms in total. The van der Waals surface area contributed by atoms with Crippen molar-refractivity contribution in [3.8, 4) is 0 Å². The molecule has 0 aliphatic rings. The molecule has 98 valence electrons. The molecule has 0 amide bonds. The van der Waals surface area contributed by atoms with Crippen LogP contribution in [0.25, 0.3) is 0 Å². The molecular weight excluding hydrogens is 362 g/mol. The molecule has 0 saturated heterocycles. The van der Waals surface area contributed by atoms with Crippen LogP contribution in [0, 0.1) is 5.92 Å². The third-order valence-electron chi connectivity index (χ3n) is 2.97. The second kappa shape index (κ2) is 8.68. The van der Waals surface area contributed by atoms with Crippen molar-refractivity contribution < 1.29 is 0 Å². The topological polar surface area (TPSA) is 12.0 Å². The van der Waals surface area contributed by atoms with Crippen LogP contribution >= 0.6 is 43.2 Å². The molecule has 1 rings (SSSR count). The van der Waals surface area contributed by atoms with Crippen LogP contribution in [0.1, 0.15) is 44.4 Å². The molecule has 0 radical (unpaired) electrons. The van der Waals surface area contributed by atoms with Gasteiger partial charge in [-0.1, -0.05) is 33.1 Å². The van der Waals surface area contributed by atoms with Crippen LogP contribution in [0.4, 0.5) is 0 Å². The van der Waals surface area contributed by atoms with E-state index in [2.05, 4.69) is 57.1 Å². The predicted molar refractivity (Wildman–Crippen MR) is 84.7 cm³/mol. The first-order valence-corrected chi connectivity index (χ1v) is 8.72. The van der Waals surface area contributed by atoms with Gasteiger partial charge in [0, 0.05) is 15.9 Å². The lowest BCUT2D eigenvalue weighted by molar-refractivity contribution is 0.420. The molecule has 0 fully saturated rings. The Morgan fingerprint density at radius 1 is 1.35 bits per heavy atom. The highest BCUT2D eigenvalue weighted by Gasteiger charge is 2.07. The highest BCUT2D eigenvalue weighted by atomic mass is 79.9. The second-order valence-electron chi connectivity index (χ2n) is 4.38. The summed E-state index contributed by atoms with van der Waals surface area (Å²) in [5.74, 6) is 0.835. The van der Waals surface area contributed by atoms with E-state index in [1.807, 2.05) is 0 Å². The molecule has 0 spiro atoms. The van der Waals surface area contributed by atoms with Crippen molar-refractivity contribution in [2.75, 3.05) is 6.54 Å². The van der Waals surface area contributed by atoms with Crippen LogP contribution < -0.4 is 5.32 Å². The van der Waals surface area contributed by atoms with E-state index < -0.39 is 0 Å². The predicted octanol–water partition coefficient (Wildman–Crippen LogP) is 5.58. The highest BCUT2D eigenvalue weighted by Crippen LogP contribution is 2.32. The Morgan fingerprint density at radius 2 is 2.12 bits per heavy atom. The third kappa shape index (κ3) is 5.86. The molecule has 4 heteroatoms. The Morgan fingerprint density at radius 3 is 2.65 bits per heavy atom. The fourth-order valence-electron chi connectivity index (χ4n) is 1.82. The standard InChI is InChI=1S/C13H21Br2NS/c1-3-5-6-10(4-2)8-16-9-11-7-12(14)13(15)17-11/h7,10,16H,3-6,8-9H2,1-2H3. The van der Waals surface area contributed by atoms with Gasteiger partial charge in [0.25, 0.3) is 0 Å². The smallest absolute Gasteiger partial charge is 0.0843 e. The summed E-state index contributed by atoms with van der Waals surface area (Å²) in [7, 11) is 0. The zero-order valence-corrected chi connectivity index (χ0v) is 14.6. The largest absolute Gasteiger partial charge is 0.312 e. The first kappa shape index (κ1) is 15.7. The van der Waals surface area contributed by atoms with Gasteiger partial charge in [0.1, 0.15) is 0 Å². The maximum absolute atomic E-state index is 3.57.